The molecule has 53 heavy (non-hydrogen) atoms. The summed E-state index contributed by atoms with van der Waals surface area (Å²) in [4.78, 5) is 43.1. The molecule has 5 rings (SSSR count). The number of allylic oxidation sites excluding steroid dienone is 3. The molecule has 9 heteroatoms. The first-order valence-electron chi connectivity index (χ1n) is 20.2. The van der Waals surface area contributed by atoms with Crippen molar-refractivity contribution in [2.45, 2.75) is 144 Å². The number of hydrogen-bond acceptors (Lipinski definition) is 6. The van der Waals surface area contributed by atoms with Crippen LogP contribution in [0.25, 0.3) is 11.4 Å². The molecule has 3 N–H and O–H groups in total. The zero-order valence-electron chi connectivity index (χ0n) is 33.7. The second-order valence-electron chi connectivity index (χ2n) is 14.6. The molecule has 2 atom stereocenters. The minimum atomic E-state index is -0.808. The van der Waals surface area contributed by atoms with Crippen LogP contribution in [-0.4, -0.2) is 56.1 Å². The van der Waals surface area contributed by atoms with Gasteiger partial charge in [0.05, 0.1) is 10.8 Å². The van der Waals surface area contributed by atoms with E-state index in [0.29, 0.717) is 23.2 Å². The molecule has 2 heterocycles. The van der Waals surface area contributed by atoms with Gasteiger partial charge in [0, 0.05) is 43.2 Å². The third-order valence-electron chi connectivity index (χ3n) is 10.1. The van der Waals surface area contributed by atoms with Gasteiger partial charge in [-0.3, -0.25) is 14.4 Å². The number of thioether (sulfide) groups is 1. The van der Waals surface area contributed by atoms with Gasteiger partial charge in [-0.15, -0.1) is 11.8 Å². The Morgan fingerprint density at radius 2 is 1.53 bits per heavy atom. The summed E-state index contributed by atoms with van der Waals surface area (Å²) in [7, 11) is 0. The SMILES string of the molecule is CC(=O)N1CC(C(=O)O)C1.CC/C=C(\SC(C)CC)C(N)=O.CCC.CCc1ccc(-c2ncc(CC3=CCC(C4CCCCCC4)CC3)cn2)cc1. The van der Waals surface area contributed by atoms with E-state index in [-0.39, 0.29) is 17.7 Å². The summed E-state index contributed by atoms with van der Waals surface area (Å²) < 4.78 is 0. The molecule has 2 fully saturated rings. The lowest BCUT2D eigenvalue weighted by Crippen LogP contribution is -2.52. The molecule has 2 amide bonds. The number of amides is 2. The van der Waals surface area contributed by atoms with Gasteiger partial charge < -0.3 is 15.7 Å². The summed E-state index contributed by atoms with van der Waals surface area (Å²) in [6.45, 7) is 14.8. The standard InChI is InChI=1S/C26H34N2.C9H17NOS.C6H9NO3.C3H8/c1-2-20-9-15-25(16-10-20)26-27-18-22(19-28-26)17-21-11-13-24(14-12-21)23-7-5-3-4-6-8-23;1-4-6-8(9(10)11)12-7(3)5-2;1-4(8)7-2-5(3-7)6(9)10;1-3-2/h9-11,15-16,18-19,23-24H,2-8,12-14,17H2,1H3;6-7H,4-5H2,1-3H3,(H2,10,11);5H,2-3H2,1H3,(H,9,10);3H2,1-2H3/b;8-6-;;. The van der Waals surface area contributed by atoms with Gasteiger partial charge in [0.2, 0.25) is 5.91 Å². The second-order valence-corrected chi connectivity index (χ2v) is 16.1. The molecule has 2 aromatic rings. The Morgan fingerprint density at radius 3 is 1.98 bits per heavy atom. The molecule has 2 unspecified atom stereocenters. The lowest BCUT2D eigenvalue weighted by molar-refractivity contribution is -0.151. The quantitative estimate of drug-likeness (QED) is 0.133. The second kappa shape index (κ2) is 25.5. The largest absolute Gasteiger partial charge is 0.481 e. The highest BCUT2D eigenvalue weighted by molar-refractivity contribution is 8.04. The van der Waals surface area contributed by atoms with Crippen LogP contribution >= 0.6 is 11.8 Å². The molecule has 0 bridgehead atoms. The van der Waals surface area contributed by atoms with E-state index in [1.165, 1.54) is 87.2 Å². The van der Waals surface area contributed by atoms with Gasteiger partial charge in [0.25, 0.3) is 5.91 Å². The first kappa shape index (κ1) is 45.7. The first-order chi connectivity index (χ1) is 25.4. The van der Waals surface area contributed by atoms with Crippen molar-refractivity contribution in [3.63, 3.8) is 0 Å². The topological polar surface area (TPSA) is 126 Å². The van der Waals surface area contributed by atoms with E-state index in [2.05, 4.69) is 74.9 Å². The van der Waals surface area contributed by atoms with E-state index in [0.717, 1.165) is 48.9 Å². The fraction of sp³-hybridized carbons (Fsp3) is 0.614. The van der Waals surface area contributed by atoms with E-state index < -0.39 is 5.97 Å². The summed E-state index contributed by atoms with van der Waals surface area (Å²) >= 11 is 1.56. The van der Waals surface area contributed by atoms with Crippen molar-refractivity contribution in [1.82, 2.24) is 14.9 Å². The lowest BCUT2D eigenvalue weighted by Gasteiger charge is -2.35. The van der Waals surface area contributed by atoms with Crippen LogP contribution in [0.2, 0.25) is 0 Å². The Labute approximate surface area is 324 Å². The van der Waals surface area contributed by atoms with Crippen molar-refractivity contribution in [2.24, 2.45) is 23.5 Å². The Balaban J connectivity index is 0.000000321. The van der Waals surface area contributed by atoms with Gasteiger partial charge in [-0.1, -0.05) is 128 Å². The van der Waals surface area contributed by atoms with Gasteiger partial charge in [0.1, 0.15) is 0 Å². The minimum absolute atomic E-state index is 0.0440. The monoisotopic (exact) mass is 748 g/mol. The van der Waals surface area contributed by atoms with Gasteiger partial charge >= 0.3 is 5.97 Å². The highest BCUT2D eigenvalue weighted by Crippen LogP contribution is 2.37. The summed E-state index contributed by atoms with van der Waals surface area (Å²) in [5, 5.41) is 8.86. The number of hydrogen-bond donors (Lipinski definition) is 2. The first-order valence-corrected chi connectivity index (χ1v) is 21.1. The molecule has 3 aliphatic rings. The maximum absolute atomic E-state index is 10.9. The smallest absolute Gasteiger partial charge is 0.310 e. The van der Waals surface area contributed by atoms with E-state index in [4.69, 9.17) is 10.8 Å². The molecule has 1 aromatic carbocycles. The average Bonchev–Trinajstić information content (AvgIpc) is 3.42. The Kier molecular flexibility index (Phi) is 22.0. The number of nitrogens with zero attached hydrogens (tertiary/aromatic N) is 3. The van der Waals surface area contributed by atoms with Crippen LogP contribution in [0.5, 0.6) is 0 Å². The van der Waals surface area contributed by atoms with Crippen LogP contribution in [0.1, 0.15) is 137 Å². The fourth-order valence-corrected chi connectivity index (χ4v) is 7.59. The molecule has 1 aliphatic heterocycles. The number of rotatable bonds is 11. The lowest BCUT2D eigenvalue weighted by atomic mass is 9.76. The van der Waals surface area contributed by atoms with Crippen LogP contribution in [0, 0.1) is 17.8 Å². The van der Waals surface area contributed by atoms with Gasteiger partial charge in [-0.05, 0) is 67.9 Å². The van der Waals surface area contributed by atoms with Gasteiger partial charge in [-0.25, -0.2) is 9.97 Å². The van der Waals surface area contributed by atoms with Crippen LogP contribution in [0.3, 0.4) is 0 Å². The molecule has 1 saturated heterocycles. The van der Waals surface area contributed by atoms with Crippen molar-refractivity contribution in [3.8, 4) is 11.4 Å². The number of primary amides is 1. The van der Waals surface area contributed by atoms with Crippen molar-refractivity contribution in [2.75, 3.05) is 13.1 Å². The zero-order valence-corrected chi connectivity index (χ0v) is 34.6. The van der Waals surface area contributed by atoms with Crippen molar-refractivity contribution in [1.29, 1.82) is 0 Å². The normalized spacial score (nSPS) is 18.2. The number of carbonyl (C=O) groups excluding carboxylic acids is 2. The number of carboxylic acids is 1. The maximum atomic E-state index is 10.9. The molecule has 8 nitrogen and oxygen atoms in total. The number of aliphatic carboxylic acids is 1. The Morgan fingerprint density at radius 1 is 0.925 bits per heavy atom. The summed E-state index contributed by atoms with van der Waals surface area (Å²) in [5.74, 6) is 1.27. The molecule has 0 radical (unpaired) electrons. The van der Waals surface area contributed by atoms with Crippen LogP contribution in [0.15, 0.2) is 59.3 Å². The number of nitrogens with two attached hydrogens (primary N) is 1. The van der Waals surface area contributed by atoms with E-state index in [1.807, 2.05) is 25.4 Å². The number of carbonyl (C=O) groups is 3. The van der Waals surface area contributed by atoms with E-state index in [1.54, 1.807) is 17.3 Å². The van der Waals surface area contributed by atoms with Gasteiger partial charge in [0.15, 0.2) is 5.82 Å². The highest BCUT2D eigenvalue weighted by atomic mass is 32.2. The number of likely N-dealkylation sites (tertiary alicyclic amines) is 1. The minimum Gasteiger partial charge on any atom is -0.481 e. The van der Waals surface area contributed by atoms with E-state index >= 15 is 0 Å². The average molecular weight is 749 g/mol. The maximum Gasteiger partial charge on any atom is 0.310 e. The number of aryl methyl sites for hydroxylation is 1. The Hall–Kier alpha value is -3.46. The molecule has 294 valence electrons. The van der Waals surface area contributed by atoms with Gasteiger partial charge in [-0.2, -0.15) is 0 Å². The summed E-state index contributed by atoms with van der Waals surface area (Å²) in [5.41, 5.74) is 10.5. The highest BCUT2D eigenvalue weighted by Gasteiger charge is 2.33. The zero-order chi connectivity index (χ0) is 39.2. The number of benzene rings is 1. The molecule has 1 saturated carbocycles. The summed E-state index contributed by atoms with van der Waals surface area (Å²) in [6.07, 6.45) is 26.5. The molecule has 0 spiro atoms. The van der Waals surface area contributed by atoms with Crippen molar-refractivity contribution >= 4 is 29.5 Å². The molecular weight excluding hydrogens is 681 g/mol. The Bertz CT molecular complexity index is 1410. The molecule has 1 aromatic heterocycles. The van der Waals surface area contributed by atoms with Crippen LogP contribution in [-0.2, 0) is 27.2 Å². The number of aromatic nitrogens is 2. The van der Waals surface area contributed by atoms with Crippen LogP contribution < -0.4 is 5.73 Å². The molecule has 2 aliphatic carbocycles. The van der Waals surface area contributed by atoms with Crippen molar-refractivity contribution < 1.29 is 19.5 Å². The predicted octanol–water partition coefficient (Wildman–Crippen LogP) is 10.2. The third kappa shape index (κ3) is 17.0. The third-order valence-corrected chi connectivity index (χ3v) is 11.4. The molecular formula is C44H68N4O4S. The number of carboxylic acid groups (broad SMARTS) is 1. The van der Waals surface area contributed by atoms with E-state index in [9.17, 15) is 14.4 Å². The predicted molar refractivity (Wildman–Crippen MR) is 221 cm³/mol. The van der Waals surface area contributed by atoms with Crippen LogP contribution in [0.4, 0.5) is 0 Å². The summed E-state index contributed by atoms with van der Waals surface area (Å²) in [6, 6.07) is 8.60. The van der Waals surface area contributed by atoms with Crippen molar-refractivity contribution in [3.05, 3.63) is 70.4 Å². The fourth-order valence-electron chi connectivity index (χ4n) is 6.61.